The molecule has 14 nitrogen and oxygen atoms in total. The van der Waals surface area contributed by atoms with Crippen molar-refractivity contribution in [1.29, 1.82) is 0 Å². The summed E-state index contributed by atoms with van der Waals surface area (Å²) >= 11 is 24.4. The molecule has 60 heavy (non-hydrogen) atoms. The standard InChI is InChI=1S/C20H20Cl2O6.C18H18Cl2O5.C4H6O3/c1-12(23)27-17-16(14-4-3-13(21)11-15(14)22)18(24)28-19(17)5-7-20(8-6-19)25-9-2-10-26-20;19-11-2-3-12(13(20)10-11)14-15(21)17(25-16(14)22)4-6-18(7-5-17)23-8-1-9-24-18;1-3(5)7-4(2)6/h3-4,11H,2,5-10H2,1H3;2-3,10,21H,1,4-9H2;1-2H3. The molecule has 0 aromatic heterocycles. The molecule has 2 aromatic carbocycles. The highest BCUT2D eigenvalue weighted by molar-refractivity contribution is 6.38. The Morgan fingerprint density at radius 2 is 0.983 bits per heavy atom. The first-order chi connectivity index (χ1) is 28.4. The number of esters is 5. The maximum Gasteiger partial charge on any atom is 0.343 e. The zero-order valence-corrected chi connectivity index (χ0v) is 36.2. The molecule has 4 spiro atoms. The van der Waals surface area contributed by atoms with Crippen LogP contribution in [0.1, 0.15) is 96.1 Å². The number of carbonyl (C=O) groups is 5. The molecule has 0 unspecified atom stereocenters. The fourth-order valence-corrected chi connectivity index (χ4v) is 9.10. The fraction of sp³-hybridized carbons (Fsp3) is 0.500. The summed E-state index contributed by atoms with van der Waals surface area (Å²) in [5.74, 6) is -3.91. The van der Waals surface area contributed by atoms with E-state index in [1.165, 1.54) is 32.9 Å². The van der Waals surface area contributed by atoms with E-state index in [0.29, 0.717) is 104 Å². The topological polar surface area (TPSA) is 179 Å². The molecule has 18 heteroatoms. The van der Waals surface area contributed by atoms with Crippen LogP contribution in [-0.2, 0) is 61.9 Å². The van der Waals surface area contributed by atoms with E-state index >= 15 is 0 Å². The summed E-state index contributed by atoms with van der Waals surface area (Å²) in [4.78, 5) is 56.7. The third-order valence-corrected chi connectivity index (χ3v) is 12.0. The molecule has 0 amide bonds. The van der Waals surface area contributed by atoms with Gasteiger partial charge in [0, 0.05) is 67.6 Å². The second kappa shape index (κ2) is 18.7. The second-order valence-corrected chi connectivity index (χ2v) is 16.7. The third kappa shape index (κ3) is 9.97. The second-order valence-electron chi connectivity index (χ2n) is 15.0. The molecule has 2 saturated heterocycles. The Kier molecular flexibility index (Phi) is 14.3. The molecule has 4 fully saturated rings. The van der Waals surface area contributed by atoms with Gasteiger partial charge in [0.15, 0.2) is 34.3 Å². The normalized spacial score (nSPS) is 22.1. The van der Waals surface area contributed by atoms with E-state index in [1.807, 2.05) is 0 Å². The van der Waals surface area contributed by atoms with Gasteiger partial charge < -0.3 is 43.0 Å². The number of benzene rings is 2. The van der Waals surface area contributed by atoms with E-state index in [0.717, 1.165) is 12.8 Å². The average Bonchev–Trinajstić information content (AvgIpc) is 3.58. The lowest BCUT2D eigenvalue weighted by Gasteiger charge is -2.45. The highest BCUT2D eigenvalue weighted by Gasteiger charge is 2.57. The minimum Gasteiger partial charge on any atom is -0.507 e. The molecule has 0 bridgehead atoms. The minimum absolute atomic E-state index is 0.0626. The van der Waals surface area contributed by atoms with E-state index < -0.39 is 52.6 Å². The van der Waals surface area contributed by atoms with Gasteiger partial charge in [-0.25, -0.2) is 9.59 Å². The van der Waals surface area contributed by atoms with Crippen LogP contribution in [0.5, 0.6) is 0 Å². The van der Waals surface area contributed by atoms with E-state index in [9.17, 15) is 29.1 Å². The molecule has 0 radical (unpaired) electrons. The highest BCUT2D eigenvalue weighted by atomic mass is 35.5. The number of aliphatic hydroxyl groups excluding tert-OH is 1. The summed E-state index contributed by atoms with van der Waals surface area (Å²) in [7, 11) is 0. The molecule has 2 aliphatic carbocycles. The predicted molar refractivity (Wildman–Crippen MR) is 217 cm³/mol. The minimum atomic E-state index is -1.03. The molecule has 4 heterocycles. The van der Waals surface area contributed by atoms with E-state index in [1.54, 1.807) is 24.3 Å². The number of hydrogen-bond donors (Lipinski definition) is 1. The van der Waals surface area contributed by atoms with Crippen LogP contribution in [0.3, 0.4) is 0 Å². The number of halogens is 4. The van der Waals surface area contributed by atoms with Crippen LogP contribution >= 0.6 is 46.4 Å². The quantitative estimate of drug-likeness (QED) is 0.176. The first-order valence-corrected chi connectivity index (χ1v) is 20.9. The lowest BCUT2D eigenvalue weighted by atomic mass is 9.79. The van der Waals surface area contributed by atoms with Gasteiger partial charge in [0.05, 0.1) is 36.5 Å². The first-order valence-electron chi connectivity index (χ1n) is 19.4. The molecule has 8 rings (SSSR count). The number of carbonyl (C=O) groups excluding carboxylic acids is 5. The lowest BCUT2D eigenvalue weighted by Crippen LogP contribution is -2.49. The fourth-order valence-electron chi connectivity index (χ4n) is 8.09. The average molecular weight is 915 g/mol. The molecule has 6 aliphatic rings. The molecule has 1 N–H and O–H groups in total. The van der Waals surface area contributed by atoms with Crippen molar-refractivity contribution in [3.63, 3.8) is 0 Å². The van der Waals surface area contributed by atoms with Crippen LogP contribution in [0.2, 0.25) is 20.1 Å². The Hall–Kier alpha value is -3.73. The Morgan fingerprint density at radius 1 is 0.583 bits per heavy atom. The predicted octanol–water partition coefficient (Wildman–Crippen LogP) is 8.63. The molecular formula is C42H44Cl4O14. The van der Waals surface area contributed by atoms with Crippen molar-refractivity contribution in [2.45, 2.75) is 108 Å². The van der Waals surface area contributed by atoms with Crippen LogP contribution in [0.15, 0.2) is 47.9 Å². The van der Waals surface area contributed by atoms with E-state index in [4.69, 9.17) is 79.6 Å². The number of rotatable bonds is 3. The summed E-state index contributed by atoms with van der Waals surface area (Å²) in [5.41, 5.74) is -0.923. The Balaban J connectivity index is 0.000000175. The number of hydrogen-bond acceptors (Lipinski definition) is 14. The Bertz CT molecular complexity index is 2070. The van der Waals surface area contributed by atoms with Gasteiger partial charge in [-0.05, 0) is 62.8 Å². The monoisotopic (exact) mass is 912 g/mol. The van der Waals surface area contributed by atoms with Crippen LogP contribution in [0.4, 0.5) is 0 Å². The van der Waals surface area contributed by atoms with Crippen LogP contribution in [0, 0.1) is 0 Å². The zero-order chi connectivity index (χ0) is 43.5. The maximum atomic E-state index is 12.8. The van der Waals surface area contributed by atoms with Crippen LogP contribution in [-0.4, -0.2) is 84.2 Å². The molecule has 2 saturated carbocycles. The van der Waals surface area contributed by atoms with Crippen molar-refractivity contribution in [3.8, 4) is 0 Å². The third-order valence-electron chi connectivity index (χ3n) is 10.9. The number of aliphatic hydroxyl groups is 1. The van der Waals surface area contributed by atoms with Crippen LogP contribution < -0.4 is 0 Å². The summed E-state index contributed by atoms with van der Waals surface area (Å²) < 4.78 is 44.3. The summed E-state index contributed by atoms with van der Waals surface area (Å²) in [6.45, 7) is 6.28. The Morgan fingerprint density at radius 3 is 1.38 bits per heavy atom. The van der Waals surface area contributed by atoms with Crippen molar-refractivity contribution in [2.24, 2.45) is 0 Å². The van der Waals surface area contributed by atoms with Gasteiger partial charge in [0.25, 0.3) is 0 Å². The molecule has 2 aromatic rings. The van der Waals surface area contributed by atoms with Gasteiger partial charge >= 0.3 is 29.8 Å². The molecule has 0 atom stereocenters. The van der Waals surface area contributed by atoms with Gasteiger partial charge in [-0.3, -0.25) is 14.4 Å². The first kappa shape index (κ1) is 45.8. The van der Waals surface area contributed by atoms with E-state index in [-0.39, 0.29) is 27.7 Å². The smallest absolute Gasteiger partial charge is 0.343 e. The van der Waals surface area contributed by atoms with Crippen molar-refractivity contribution < 1.29 is 67.0 Å². The maximum absolute atomic E-state index is 12.8. The van der Waals surface area contributed by atoms with Crippen molar-refractivity contribution in [2.75, 3.05) is 26.4 Å². The largest absolute Gasteiger partial charge is 0.507 e. The zero-order valence-electron chi connectivity index (χ0n) is 33.1. The summed E-state index contributed by atoms with van der Waals surface area (Å²) in [6.07, 6.45) is 5.67. The lowest BCUT2D eigenvalue weighted by molar-refractivity contribution is -0.291. The molecular weight excluding hydrogens is 870 g/mol. The van der Waals surface area contributed by atoms with Crippen LogP contribution in [0.25, 0.3) is 11.1 Å². The van der Waals surface area contributed by atoms with Crippen molar-refractivity contribution in [3.05, 3.63) is 79.1 Å². The highest BCUT2D eigenvalue weighted by Crippen LogP contribution is 2.52. The Labute approximate surface area is 366 Å². The molecule has 324 valence electrons. The molecule has 4 aliphatic heterocycles. The van der Waals surface area contributed by atoms with Gasteiger partial charge in [-0.2, -0.15) is 0 Å². The van der Waals surface area contributed by atoms with E-state index in [2.05, 4.69) is 4.74 Å². The van der Waals surface area contributed by atoms with Gasteiger partial charge in [0.2, 0.25) is 0 Å². The van der Waals surface area contributed by atoms with Crippen molar-refractivity contribution >= 4 is 87.4 Å². The van der Waals surface area contributed by atoms with Crippen molar-refractivity contribution in [1.82, 2.24) is 0 Å². The van der Waals surface area contributed by atoms with Gasteiger partial charge in [-0.1, -0.05) is 58.5 Å². The number of ether oxygens (including phenoxy) is 8. The SMILES string of the molecule is CC(=O)OC(C)=O.CC(=O)OC1=C(c2ccc(Cl)cc2Cl)C(=O)OC12CCC1(CC2)OCCCO1.O=C1OC2(CCC3(CC2)OCCCO3)C(O)=C1c1ccc(Cl)cc1Cl. The summed E-state index contributed by atoms with van der Waals surface area (Å²) in [6, 6.07) is 9.57. The van der Waals surface area contributed by atoms with Gasteiger partial charge in [0.1, 0.15) is 11.1 Å². The van der Waals surface area contributed by atoms with Gasteiger partial charge in [-0.15, -0.1) is 0 Å². The summed E-state index contributed by atoms with van der Waals surface area (Å²) in [5, 5.41) is 12.3.